The van der Waals surface area contributed by atoms with Gasteiger partial charge in [-0.1, -0.05) is 12.1 Å². The molecule has 8 nitrogen and oxygen atoms in total. The highest BCUT2D eigenvalue weighted by molar-refractivity contribution is 7.92. The number of benzene rings is 3. The molecule has 160 valence electrons. The van der Waals surface area contributed by atoms with E-state index in [1.165, 1.54) is 31.4 Å². The molecule has 3 aromatic carbocycles. The minimum atomic E-state index is -3.78. The van der Waals surface area contributed by atoms with Crippen LogP contribution in [0.5, 0.6) is 17.2 Å². The molecule has 0 aliphatic carbocycles. The number of nitrogens with one attached hydrogen (secondary N) is 2. The van der Waals surface area contributed by atoms with Gasteiger partial charge in [0, 0.05) is 11.4 Å². The molecule has 0 aromatic heterocycles. The van der Waals surface area contributed by atoms with Crippen LogP contribution in [0, 0.1) is 0 Å². The Labute approximate surface area is 179 Å². The average molecular weight is 440 g/mol. The van der Waals surface area contributed by atoms with Gasteiger partial charge >= 0.3 is 0 Å². The smallest absolute Gasteiger partial charge is 0.269 e. The first-order valence-electron chi connectivity index (χ1n) is 9.41. The van der Waals surface area contributed by atoms with Gasteiger partial charge in [0.15, 0.2) is 11.5 Å². The molecule has 1 aliphatic rings. The summed E-state index contributed by atoms with van der Waals surface area (Å²) >= 11 is 0. The van der Waals surface area contributed by atoms with E-state index in [4.69, 9.17) is 14.2 Å². The van der Waals surface area contributed by atoms with Gasteiger partial charge in [-0.2, -0.15) is 0 Å². The zero-order valence-electron chi connectivity index (χ0n) is 16.6. The number of hydrogen-bond donors (Lipinski definition) is 2. The highest BCUT2D eigenvalue weighted by Crippen LogP contribution is 2.31. The Morgan fingerprint density at radius 2 is 1.58 bits per heavy atom. The van der Waals surface area contributed by atoms with Crippen molar-refractivity contribution < 1.29 is 27.4 Å². The molecule has 0 fully saturated rings. The molecule has 31 heavy (non-hydrogen) atoms. The Morgan fingerprint density at radius 3 is 2.26 bits per heavy atom. The van der Waals surface area contributed by atoms with Gasteiger partial charge in [0.25, 0.3) is 15.9 Å². The maximum atomic E-state index is 12.6. The van der Waals surface area contributed by atoms with E-state index in [2.05, 4.69) is 10.0 Å². The van der Waals surface area contributed by atoms with Crippen molar-refractivity contribution in [1.29, 1.82) is 0 Å². The summed E-state index contributed by atoms with van der Waals surface area (Å²) in [5, 5.41) is 2.71. The second-order valence-electron chi connectivity index (χ2n) is 6.71. The lowest BCUT2D eigenvalue weighted by molar-refractivity contribution is -0.125. The van der Waals surface area contributed by atoms with E-state index in [-0.39, 0.29) is 17.4 Å². The lowest BCUT2D eigenvalue weighted by Gasteiger charge is -2.25. The van der Waals surface area contributed by atoms with E-state index in [1.807, 2.05) is 6.07 Å². The summed E-state index contributed by atoms with van der Waals surface area (Å²) in [6.07, 6.45) is -0.810. The van der Waals surface area contributed by atoms with Crippen LogP contribution >= 0.6 is 0 Å². The standard InChI is InChI=1S/C22H20N2O6S/c1-28-17-10-6-16(7-11-17)24-31(26,27)18-12-8-15(9-13-18)23-22(25)21-14-29-19-4-2-3-5-20(19)30-21/h2-13,21,24H,14H2,1H3,(H,23,25)/t21-/m0/s1. The quantitative estimate of drug-likeness (QED) is 0.610. The van der Waals surface area contributed by atoms with Crippen molar-refractivity contribution in [2.24, 2.45) is 0 Å². The molecule has 0 saturated carbocycles. The first kappa shape index (κ1) is 20.5. The molecule has 1 aliphatic heterocycles. The van der Waals surface area contributed by atoms with Crippen LogP contribution in [0.3, 0.4) is 0 Å². The molecule has 1 heterocycles. The van der Waals surface area contributed by atoms with Gasteiger partial charge in [-0.25, -0.2) is 8.42 Å². The van der Waals surface area contributed by atoms with E-state index < -0.39 is 16.1 Å². The SMILES string of the molecule is COc1ccc(NS(=O)(=O)c2ccc(NC(=O)[C@@H]3COc4ccccc4O3)cc2)cc1. The first-order chi connectivity index (χ1) is 14.9. The molecule has 0 spiro atoms. The summed E-state index contributed by atoms with van der Waals surface area (Å²) in [6, 6.07) is 19.5. The highest BCUT2D eigenvalue weighted by Gasteiger charge is 2.27. The zero-order valence-corrected chi connectivity index (χ0v) is 17.4. The first-order valence-corrected chi connectivity index (χ1v) is 10.9. The summed E-state index contributed by atoms with van der Waals surface area (Å²) in [6.45, 7) is 0.0844. The van der Waals surface area contributed by atoms with Crippen molar-refractivity contribution >= 4 is 27.3 Å². The van der Waals surface area contributed by atoms with E-state index >= 15 is 0 Å². The molecule has 0 radical (unpaired) electrons. The van der Waals surface area contributed by atoms with Crippen LogP contribution in [-0.2, 0) is 14.8 Å². The molecule has 2 N–H and O–H groups in total. The monoisotopic (exact) mass is 440 g/mol. The fraction of sp³-hybridized carbons (Fsp3) is 0.136. The number of ether oxygens (including phenoxy) is 3. The average Bonchev–Trinajstić information content (AvgIpc) is 2.79. The fourth-order valence-corrected chi connectivity index (χ4v) is 4.02. The van der Waals surface area contributed by atoms with Gasteiger partial charge in [0.1, 0.15) is 12.4 Å². The summed E-state index contributed by atoms with van der Waals surface area (Å²) in [5.74, 6) is 1.32. The number of hydrogen-bond acceptors (Lipinski definition) is 6. The van der Waals surface area contributed by atoms with Gasteiger partial charge in [-0.15, -0.1) is 0 Å². The van der Waals surface area contributed by atoms with E-state index in [1.54, 1.807) is 42.5 Å². The minimum absolute atomic E-state index is 0.0625. The number of anilines is 2. The normalized spacial score (nSPS) is 15.1. The van der Waals surface area contributed by atoms with Gasteiger partial charge < -0.3 is 19.5 Å². The van der Waals surface area contributed by atoms with Crippen LogP contribution in [0.1, 0.15) is 0 Å². The third kappa shape index (κ3) is 4.72. The van der Waals surface area contributed by atoms with E-state index in [9.17, 15) is 13.2 Å². The van der Waals surface area contributed by atoms with Crippen LogP contribution < -0.4 is 24.2 Å². The molecule has 4 rings (SSSR count). The molecule has 9 heteroatoms. The van der Waals surface area contributed by atoms with Gasteiger partial charge in [0.05, 0.1) is 12.0 Å². The number of fused-ring (bicyclic) bond motifs is 1. The third-order valence-corrected chi connectivity index (χ3v) is 5.97. The molecule has 3 aromatic rings. The number of carbonyl (C=O) groups excluding carboxylic acids is 1. The topological polar surface area (TPSA) is 103 Å². The van der Waals surface area contributed by atoms with Gasteiger partial charge in [-0.05, 0) is 60.7 Å². The van der Waals surface area contributed by atoms with Crippen LogP contribution in [0.15, 0.2) is 77.7 Å². The predicted molar refractivity (Wildman–Crippen MR) is 115 cm³/mol. The molecular formula is C22H20N2O6S. The fourth-order valence-electron chi connectivity index (χ4n) is 2.96. The zero-order chi connectivity index (χ0) is 21.8. The molecule has 1 atom stereocenters. The molecule has 0 saturated heterocycles. The maximum Gasteiger partial charge on any atom is 0.269 e. The Morgan fingerprint density at radius 1 is 0.935 bits per heavy atom. The third-order valence-electron chi connectivity index (χ3n) is 4.58. The molecule has 1 amide bonds. The van der Waals surface area contributed by atoms with Crippen LogP contribution in [-0.4, -0.2) is 34.1 Å². The second-order valence-corrected chi connectivity index (χ2v) is 8.39. The summed E-state index contributed by atoms with van der Waals surface area (Å²) in [5.41, 5.74) is 0.851. The van der Waals surface area contributed by atoms with Crippen LogP contribution in [0.25, 0.3) is 0 Å². The van der Waals surface area contributed by atoms with Crippen LogP contribution in [0.2, 0.25) is 0 Å². The van der Waals surface area contributed by atoms with Crippen molar-refractivity contribution in [3.8, 4) is 17.2 Å². The van der Waals surface area contributed by atoms with Gasteiger partial charge in [0.2, 0.25) is 6.10 Å². The van der Waals surface area contributed by atoms with E-state index in [0.717, 1.165) is 0 Å². The predicted octanol–water partition coefficient (Wildman–Crippen LogP) is 3.27. The number of sulfonamides is 1. The number of rotatable bonds is 6. The number of carbonyl (C=O) groups is 1. The Kier molecular flexibility index (Phi) is 5.68. The van der Waals surface area contributed by atoms with Crippen molar-refractivity contribution in [2.75, 3.05) is 23.8 Å². The van der Waals surface area contributed by atoms with Gasteiger partial charge in [-0.3, -0.25) is 9.52 Å². The van der Waals surface area contributed by atoms with Crippen molar-refractivity contribution in [3.63, 3.8) is 0 Å². The molecule has 0 unspecified atom stereocenters. The van der Waals surface area contributed by atoms with Crippen molar-refractivity contribution in [3.05, 3.63) is 72.8 Å². The number of amides is 1. The number of para-hydroxylation sites is 2. The summed E-state index contributed by atoms with van der Waals surface area (Å²) in [7, 11) is -2.25. The largest absolute Gasteiger partial charge is 0.497 e. The number of methoxy groups -OCH3 is 1. The lowest BCUT2D eigenvalue weighted by Crippen LogP contribution is -2.40. The minimum Gasteiger partial charge on any atom is -0.497 e. The Hall–Kier alpha value is -3.72. The van der Waals surface area contributed by atoms with Crippen LogP contribution in [0.4, 0.5) is 11.4 Å². The van der Waals surface area contributed by atoms with E-state index in [0.29, 0.717) is 28.6 Å². The highest BCUT2D eigenvalue weighted by atomic mass is 32.2. The summed E-state index contributed by atoms with van der Waals surface area (Å²) < 4.78 is 44.0. The van der Waals surface area contributed by atoms with Crippen molar-refractivity contribution in [1.82, 2.24) is 0 Å². The molecule has 0 bridgehead atoms. The lowest BCUT2D eigenvalue weighted by atomic mass is 10.2. The Bertz CT molecular complexity index is 1180. The summed E-state index contributed by atoms with van der Waals surface area (Å²) in [4.78, 5) is 12.6. The second kappa shape index (κ2) is 8.57. The van der Waals surface area contributed by atoms with Crippen molar-refractivity contribution in [2.45, 2.75) is 11.0 Å². The molecular weight excluding hydrogens is 420 g/mol. The maximum absolute atomic E-state index is 12.6. The Balaban J connectivity index is 1.40.